The lowest BCUT2D eigenvalue weighted by Gasteiger charge is -2.31. The number of carbonyl (C=O) groups excluding carboxylic acids is 1. The summed E-state index contributed by atoms with van der Waals surface area (Å²) in [5.74, 6) is 0.510. The lowest BCUT2D eigenvalue weighted by atomic mass is 10.0. The van der Waals surface area contributed by atoms with Crippen LogP contribution < -0.4 is 10.1 Å². The van der Waals surface area contributed by atoms with Crippen molar-refractivity contribution >= 4 is 16.1 Å². The van der Waals surface area contributed by atoms with Gasteiger partial charge in [-0.15, -0.1) is 0 Å². The fourth-order valence-electron chi connectivity index (χ4n) is 3.56. The summed E-state index contributed by atoms with van der Waals surface area (Å²) in [6.07, 6.45) is -1.00. The Balaban J connectivity index is 2.36. The fraction of sp³-hybridized carbons (Fsp3) is 0.519. The molecule has 0 unspecified atom stereocenters. The first-order valence-corrected chi connectivity index (χ1v) is 13.9. The van der Waals surface area contributed by atoms with E-state index in [1.807, 2.05) is 44.2 Å². The van der Waals surface area contributed by atoms with E-state index in [0.717, 1.165) is 10.0 Å². The third-order valence-corrected chi connectivity index (χ3v) is 7.24. The first kappa shape index (κ1) is 30.6. The maximum absolute atomic E-state index is 13.6. The Morgan fingerprint density at radius 2 is 1.62 bits per heavy atom. The number of nitrogens with zero attached hydrogens (tertiary/aromatic N) is 1. The lowest BCUT2D eigenvalue weighted by Crippen LogP contribution is -2.51. The zero-order valence-corrected chi connectivity index (χ0v) is 23.3. The highest BCUT2D eigenvalue weighted by Gasteiger charge is 2.34. The first-order chi connectivity index (χ1) is 17.4. The van der Waals surface area contributed by atoms with Crippen molar-refractivity contribution in [1.29, 1.82) is 0 Å². The van der Waals surface area contributed by atoms with Crippen LogP contribution in [0.15, 0.2) is 59.5 Å². The minimum Gasteiger partial charge on any atom is -0.497 e. The molecular weight excluding hydrogens is 496 g/mol. The molecule has 2 aromatic carbocycles. The molecule has 2 N–H and O–H groups in total. The van der Waals surface area contributed by atoms with Crippen molar-refractivity contribution in [2.24, 2.45) is 0 Å². The Hall–Kier alpha value is -2.66. The summed E-state index contributed by atoms with van der Waals surface area (Å²) < 4.78 is 38.5. The summed E-state index contributed by atoms with van der Waals surface area (Å²) in [6, 6.07) is 14.4. The van der Waals surface area contributed by atoms with Crippen molar-refractivity contribution in [3.63, 3.8) is 0 Å². The first-order valence-electron chi connectivity index (χ1n) is 12.4. The van der Waals surface area contributed by atoms with Crippen molar-refractivity contribution < 1.29 is 32.6 Å². The maximum Gasteiger partial charge on any atom is 0.407 e. The van der Waals surface area contributed by atoms with Crippen LogP contribution in [0.25, 0.3) is 0 Å². The van der Waals surface area contributed by atoms with E-state index in [1.165, 1.54) is 19.2 Å². The molecule has 2 rings (SSSR count). The average molecular weight is 537 g/mol. The number of benzene rings is 2. The summed E-state index contributed by atoms with van der Waals surface area (Å²) in [6.45, 7) is 8.60. The standard InChI is InChI=1S/C27H40N2O7S/c1-7-21(8-2)36-29(37(32,33)23-16-14-22(34-6)15-17-23)19-25(30)24(18-20-12-10-9-11-13-20)28-26(31)35-27(3,4)5/h9-17,21,24-25,30H,7-8,18-19H2,1-6H3,(H,28,31)/t24-,25+/m0/s1. The molecule has 0 aliphatic heterocycles. The Kier molecular flexibility index (Phi) is 11.4. The lowest BCUT2D eigenvalue weighted by molar-refractivity contribution is -0.149. The van der Waals surface area contributed by atoms with Crippen molar-refractivity contribution in [2.75, 3.05) is 13.7 Å². The fourth-order valence-corrected chi connectivity index (χ4v) is 4.86. The molecule has 206 valence electrons. The molecule has 0 radical (unpaired) electrons. The van der Waals surface area contributed by atoms with Crippen LogP contribution in [0.3, 0.4) is 0 Å². The summed E-state index contributed by atoms with van der Waals surface area (Å²) in [4.78, 5) is 18.5. The number of amides is 1. The van der Waals surface area contributed by atoms with Gasteiger partial charge in [-0.25, -0.2) is 13.2 Å². The molecule has 37 heavy (non-hydrogen) atoms. The second-order valence-corrected chi connectivity index (χ2v) is 11.5. The Morgan fingerprint density at radius 1 is 1.03 bits per heavy atom. The van der Waals surface area contributed by atoms with Gasteiger partial charge in [0.25, 0.3) is 10.0 Å². The molecule has 0 spiro atoms. The van der Waals surface area contributed by atoms with E-state index >= 15 is 0 Å². The van der Waals surface area contributed by atoms with Crippen LogP contribution in [-0.4, -0.2) is 61.6 Å². The number of ether oxygens (including phenoxy) is 2. The highest BCUT2D eigenvalue weighted by molar-refractivity contribution is 7.89. The Morgan fingerprint density at radius 3 is 2.14 bits per heavy atom. The quantitative estimate of drug-likeness (QED) is 0.367. The number of sulfonamides is 1. The van der Waals surface area contributed by atoms with Crippen LogP contribution in [0.1, 0.15) is 53.0 Å². The Labute approximate surface area is 220 Å². The van der Waals surface area contributed by atoms with Crippen LogP contribution in [-0.2, 0) is 26.0 Å². The maximum atomic E-state index is 13.6. The molecule has 0 aromatic heterocycles. The summed E-state index contributed by atoms with van der Waals surface area (Å²) >= 11 is 0. The summed E-state index contributed by atoms with van der Waals surface area (Å²) in [5.41, 5.74) is 0.113. The zero-order valence-electron chi connectivity index (χ0n) is 22.5. The number of hydrogen-bond donors (Lipinski definition) is 2. The minimum atomic E-state index is -4.15. The second-order valence-electron chi connectivity index (χ2n) is 9.72. The van der Waals surface area contributed by atoms with Gasteiger partial charge in [0.2, 0.25) is 0 Å². The van der Waals surface area contributed by atoms with Gasteiger partial charge in [-0.3, -0.25) is 4.84 Å². The number of aliphatic hydroxyl groups is 1. The largest absolute Gasteiger partial charge is 0.497 e. The molecule has 0 aliphatic rings. The van der Waals surface area contributed by atoms with Crippen LogP contribution in [0, 0.1) is 0 Å². The van der Waals surface area contributed by atoms with Gasteiger partial charge in [0, 0.05) is 0 Å². The smallest absolute Gasteiger partial charge is 0.407 e. The summed E-state index contributed by atoms with van der Waals surface area (Å²) in [5, 5.41) is 14.0. The van der Waals surface area contributed by atoms with Crippen LogP contribution in [0.4, 0.5) is 4.79 Å². The van der Waals surface area contributed by atoms with Crippen molar-refractivity contribution in [3.8, 4) is 5.75 Å². The zero-order chi connectivity index (χ0) is 27.6. The number of aliphatic hydroxyl groups excluding tert-OH is 1. The molecule has 1 amide bonds. The van der Waals surface area contributed by atoms with E-state index in [2.05, 4.69) is 5.32 Å². The molecule has 0 fully saturated rings. The van der Waals surface area contributed by atoms with Gasteiger partial charge >= 0.3 is 6.09 Å². The number of carbonyl (C=O) groups is 1. The average Bonchev–Trinajstić information content (AvgIpc) is 2.85. The van der Waals surface area contributed by atoms with Gasteiger partial charge in [-0.05, 0) is 69.9 Å². The number of hydrogen-bond acceptors (Lipinski definition) is 7. The number of methoxy groups -OCH3 is 1. The molecule has 0 heterocycles. The van der Waals surface area contributed by atoms with Crippen molar-refractivity contribution in [1.82, 2.24) is 9.79 Å². The number of hydroxylamine groups is 1. The SMILES string of the molecule is CCC(CC)ON(C[C@@H](O)[C@H](Cc1ccccc1)NC(=O)OC(C)(C)C)S(=O)(=O)c1ccc(OC)cc1. The topological polar surface area (TPSA) is 114 Å². The number of nitrogens with one attached hydrogen (secondary N) is 1. The van der Waals surface area contributed by atoms with E-state index < -0.39 is 40.4 Å². The molecule has 10 heteroatoms. The van der Waals surface area contributed by atoms with E-state index in [4.69, 9.17) is 14.3 Å². The predicted molar refractivity (Wildman–Crippen MR) is 142 cm³/mol. The Bertz CT molecular complexity index is 1070. The molecule has 0 saturated heterocycles. The van der Waals surface area contributed by atoms with Gasteiger partial charge in [-0.1, -0.05) is 48.6 Å². The van der Waals surface area contributed by atoms with Gasteiger partial charge in [0.15, 0.2) is 0 Å². The normalized spacial score (nSPS) is 13.9. The summed E-state index contributed by atoms with van der Waals surface area (Å²) in [7, 11) is -2.66. The van der Waals surface area contributed by atoms with E-state index in [9.17, 15) is 18.3 Å². The van der Waals surface area contributed by atoms with E-state index in [-0.39, 0.29) is 17.4 Å². The van der Waals surface area contributed by atoms with Crippen molar-refractivity contribution in [3.05, 3.63) is 60.2 Å². The van der Waals surface area contributed by atoms with Gasteiger partial charge in [-0.2, -0.15) is 0 Å². The van der Waals surface area contributed by atoms with Crippen LogP contribution in [0.2, 0.25) is 0 Å². The molecule has 9 nitrogen and oxygen atoms in total. The van der Waals surface area contributed by atoms with E-state index in [1.54, 1.807) is 32.9 Å². The number of rotatable bonds is 13. The van der Waals surface area contributed by atoms with Crippen LogP contribution in [0.5, 0.6) is 5.75 Å². The van der Waals surface area contributed by atoms with Gasteiger partial charge in [0.05, 0.1) is 36.8 Å². The van der Waals surface area contributed by atoms with Gasteiger partial charge < -0.3 is 19.9 Å². The van der Waals surface area contributed by atoms with Crippen LogP contribution >= 0.6 is 0 Å². The molecule has 2 aromatic rings. The predicted octanol–water partition coefficient (Wildman–Crippen LogP) is 4.30. The minimum absolute atomic E-state index is 0.00818. The molecule has 0 bridgehead atoms. The number of alkyl carbamates (subject to hydrolysis) is 1. The third-order valence-electron chi connectivity index (χ3n) is 5.60. The molecular formula is C27H40N2O7S. The van der Waals surface area contributed by atoms with Gasteiger partial charge in [0.1, 0.15) is 11.4 Å². The molecule has 0 saturated carbocycles. The highest BCUT2D eigenvalue weighted by atomic mass is 32.2. The molecule has 2 atom stereocenters. The third kappa shape index (κ3) is 9.62. The monoisotopic (exact) mass is 536 g/mol. The second kappa shape index (κ2) is 13.8. The van der Waals surface area contributed by atoms with Crippen molar-refractivity contribution in [2.45, 2.75) is 82.6 Å². The highest BCUT2D eigenvalue weighted by Crippen LogP contribution is 2.23. The van der Waals surface area contributed by atoms with E-state index in [0.29, 0.717) is 18.6 Å². The molecule has 0 aliphatic carbocycles.